The maximum absolute atomic E-state index is 11.4. The normalized spacial score (nSPS) is 14.1. The van der Waals surface area contributed by atoms with Gasteiger partial charge in [-0.15, -0.1) is 11.6 Å². The van der Waals surface area contributed by atoms with E-state index in [4.69, 9.17) is 11.6 Å². The maximum Gasteiger partial charge on any atom is 0.225 e. The molecule has 1 N–H and O–H groups in total. The summed E-state index contributed by atoms with van der Waals surface area (Å²) >= 11 is 5.70. The number of alkyl halides is 1. The molecule has 0 bridgehead atoms. The van der Waals surface area contributed by atoms with Gasteiger partial charge < -0.3 is 5.32 Å². The van der Waals surface area contributed by atoms with Crippen molar-refractivity contribution in [3.63, 3.8) is 0 Å². The second-order valence-electron chi connectivity index (χ2n) is 3.73. The smallest absolute Gasteiger partial charge is 0.225 e. The molecule has 0 aromatic heterocycles. The lowest BCUT2D eigenvalue weighted by Gasteiger charge is -2.21. The van der Waals surface area contributed by atoms with Crippen molar-refractivity contribution in [3.05, 3.63) is 0 Å². The Morgan fingerprint density at radius 2 is 2.08 bits per heavy atom. The highest BCUT2D eigenvalue weighted by molar-refractivity contribution is 6.20. The number of amides is 1. The first-order chi connectivity index (χ1) is 5.40. The molecule has 0 radical (unpaired) electrons. The van der Waals surface area contributed by atoms with Crippen molar-refractivity contribution in [2.24, 2.45) is 5.41 Å². The number of rotatable bonds is 4. The molecule has 0 aliphatic heterocycles. The molecule has 0 heterocycles. The van der Waals surface area contributed by atoms with Crippen LogP contribution in [0, 0.1) is 5.41 Å². The molecule has 0 spiro atoms. The van der Waals surface area contributed by atoms with Gasteiger partial charge in [0.1, 0.15) is 0 Å². The standard InChI is InChI=1S/C9H18ClNO/c1-5-9(3,4)8(12)11-6-7(2)10/h7H,5-6H2,1-4H3,(H,11,12). The van der Waals surface area contributed by atoms with Gasteiger partial charge in [0.25, 0.3) is 0 Å². The minimum absolute atomic E-state index is 0.00149. The zero-order chi connectivity index (χ0) is 9.78. The fourth-order valence-electron chi connectivity index (χ4n) is 0.633. The van der Waals surface area contributed by atoms with E-state index in [0.29, 0.717) is 6.54 Å². The van der Waals surface area contributed by atoms with E-state index in [1.807, 2.05) is 27.7 Å². The van der Waals surface area contributed by atoms with Gasteiger partial charge in [-0.05, 0) is 13.3 Å². The Morgan fingerprint density at radius 1 is 1.58 bits per heavy atom. The Hall–Kier alpha value is -0.240. The van der Waals surface area contributed by atoms with Crippen molar-refractivity contribution in [2.45, 2.75) is 39.5 Å². The van der Waals surface area contributed by atoms with Gasteiger partial charge >= 0.3 is 0 Å². The molecule has 1 amide bonds. The predicted molar refractivity (Wildman–Crippen MR) is 52.4 cm³/mol. The number of carbonyl (C=O) groups is 1. The van der Waals surface area contributed by atoms with E-state index in [1.165, 1.54) is 0 Å². The molecule has 1 atom stereocenters. The van der Waals surface area contributed by atoms with Crippen molar-refractivity contribution in [3.8, 4) is 0 Å². The summed E-state index contributed by atoms with van der Waals surface area (Å²) in [5.41, 5.74) is -0.272. The molecule has 0 rings (SSSR count). The zero-order valence-corrected chi connectivity index (χ0v) is 9.03. The Morgan fingerprint density at radius 3 is 2.42 bits per heavy atom. The van der Waals surface area contributed by atoms with Gasteiger partial charge in [0.05, 0.1) is 0 Å². The third-order valence-corrected chi connectivity index (χ3v) is 2.20. The molecule has 0 saturated carbocycles. The van der Waals surface area contributed by atoms with Gasteiger partial charge in [0.2, 0.25) is 5.91 Å². The first-order valence-electron chi connectivity index (χ1n) is 4.32. The summed E-state index contributed by atoms with van der Waals surface area (Å²) in [4.78, 5) is 11.4. The Kier molecular flexibility index (Phi) is 4.61. The molecule has 0 aromatic rings. The Bertz CT molecular complexity index is 155. The second kappa shape index (κ2) is 4.70. The van der Waals surface area contributed by atoms with Crippen molar-refractivity contribution in [1.82, 2.24) is 5.32 Å². The molecule has 3 heteroatoms. The highest BCUT2D eigenvalue weighted by Crippen LogP contribution is 2.19. The lowest BCUT2D eigenvalue weighted by Crippen LogP contribution is -2.38. The summed E-state index contributed by atoms with van der Waals surface area (Å²) in [5, 5.41) is 2.80. The summed E-state index contributed by atoms with van der Waals surface area (Å²) in [6, 6.07) is 0. The Balaban J connectivity index is 3.88. The van der Waals surface area contributed by atoms with E-state index >= 15 is 0 Å². The van der Waals surface area contributed by atoms with Crippen molar-refractivity contribution in [1.29, 1.82) is 0 Å². The molecule has 12 heavy (non-hydrogen) atoms. The average molecular weight is 192 g/mol. The van der Waals surface area contributed by atoms with Crippen LogP contribution in [-0.2, 0) is 4.79 Å². The quantitative estimate of drug-likeness (QED) is 0.679. The molecule has 0 saturated heterocycles. The van der Waals surface area contributed by atoms with Gasteiger partial charge in [-0.2, -0.15) is 0 Å². The molecule has 2 nitrogen and oxygen atoms in total. The van der Waals surface area contributed by atoms with Crippen LogP contribution < -0.4 is 5.32 Å². The maximum atomic E-state index is 11.4. The third kappa shape index (κ3) is 3.96. The van der Waals surface area contributed by atoms with E-state index in [-0.39, 0.29) is 16.7 Å². The molecular weight excluding hydrogens is 174 g/mol. The molecule has 0 fully saturated rings. The van der Waals surface area contributed by atoms with E-state index in [2.05, 4.69) is 5.32 Å². The largest absolute Gasteiger partial charge is 0.354 e. The van der Waals surface area contributed by atoms with Crippen LogP contribution in [-0.4, -0.2) is 17.8 Å². The minimum Gasteiger partial charge on any atom is -0.354 e. The van der Waals surface area contributed by atoms with Gasteiger partial charge in [-0.3, -0.25) is 4.79 Å². The first kappa shape index (κ1) is 11.8. The van der Waals surface area contributed by atoms with E-state index < -0.39 is 0 Å². The van der Waals surface area contributed by atoms with Crippen LogP contribution in [0.1, 0.15) is 34.1 Å². The number of hydrogen-bond acceptors (Lipinski definition) is 1. The van der Waals surface area contributed by atoms with E-state index in [0.717, 1.165) is 6.42 Å². The van der Waals surface area contributed by atoms with Crippen LogP contribution in [0.4, 0.5) is 0 Å². The van der Waals surface area contributed by atoms with Crippen LogP contribution in [0.25, 0.3) is 0 Å². The van der Waals surface area contributed by atoms with Crippen molar-refractivity contribution < 1.29 is 4.79 Å². The predicted octanol–water partition coefficient (Wildman–Crippen LogP) is 2.17. The summed E-state index contributed by atoms with van der Waals surface area (Å²) in [6.07, 6.45) is 0.843. The molecule has 0 aromatic carbocycles. The molecule has 0 aliphatic carbocycles. The van der Waals surface area contributed by atoms with E-state index in [9.17, 15) is 4.79 Å². The fourth-order valence-corrected chi connectivity index (χ4v) is 0.710. The number of nitrogens with one attached hydrogen (secondary N) is 1. The van der Waals surface area contributed by atoms with Crippen LogP contribution in [0.3, 0.4) is 0 Å². The highest BCUT2D eigenvalue weighted by Gasteiger charge is 2.24. The monoisotopic (exact) mass is 191 g/mol. The molecule has 72 valence electrons. The number of hydrogen-bond donors (Lipinski definition) is 1. The summed E-state index contributed by atoms with van der Waals surface area (Å²) in [6.45, 7) is 8.27. The summed E-state index contributed by atoms with van der Waals surface area (Å²) in [7, 11) is 0. The van der Waals surface area contributed by atoms with Crippen LogP contribution in [0.2, 0.25) is 0 Å². The third-order valence-electron chi connectivity index (χ3n) is 2.04. The highest BCUT2D eigenvalue weighted by atomic mass is 35.5. The first-order valence-corrected chi connectivity index (χ1v) is 4.76. The van der Waals surface area contributed by atoms with Crippen molar-refractivity contribution >= 4 is 17.5 Å². The molecule has 1 unspecified atom stereocenters. The van der Waals surface area contributed by atoms with Gasteiger partial charge in [-0.25, -0.2) is 0 Å². The second-order valence-corrected chi connectivity index (χ2v) is 4.47. The lowest BCUT2D eigenvalue weighted by molar-refractivity contribution is -0.129. The topological polar surface area (TPSA) is 29.1 Å². The van der Waals surface area contributed by atoms with Crippen LogP contribution in [0.15, 0.2) is 0 Å². The fraction of sp³-hybridized carbons (Fsp3) is 0.889. The number of halogens is 1. The minimum atomic E-state index is -0.272. The average Bonchev–Trinajstić information content (AvgIpc) is 2.00. The van der Waals surface area contributed by atoms with Gasteiger partial charge in [0, 0.05) is 17.3 Å². The van der Waals surface area contributed by atoms with Crippen LogP contribution >= 0.6 is 11.6 Å². The molecule has 0 aliphatic rings. The Labute approximate surface area is 79.7 Å². The number of carbonyl (C=O) groups excluding carboxylic acids is 1. The van der Waals surface area contributed by atoms with Crippen molar-refractivity contribution in [2.75, 3.05) is 6.54 Å². The SMILES string of the molecule is CCC(C)(C)C(=O)NCC(C)Cl. The zero-order valence-electron chi connectivity index (χ0n) is 8.28. The van der Waals surface area contributed by atoms with Gasteiger partial charge in [-0.1, -0.05) is 20.8 Å². The summed E-state index contributed by atoms with van der Waals surface area (Å²) in [5.74, 6) is 0.0810. The lowest BCUT2D eigenvalue weighted by atomic mass is 9.89. The van der Waals surface area contributed by atoms with E-state index in [1.54, 1.807) is 0 Å². The summed E-state index contributed by atoms with van der Waals surface area (Å²) < 4.78 is 0. The molecular formula is C9H18ClNO. The van der Waals surface area contributed by atoms with Crippen LogP contribution in [0.5, 0.6) is 0 Å². The van der Waals surface area contributed by atoms with Gasteiger partial charge in [0.15, 0.2) is 0 Å².